The fourth-order valence-electron chi connectivity index (χ4n) is 1.93. The highest BCUT2D eigenvalue weighted by atomic mass is 32.1. The van der Waals surface area contributed by atoms with Gasteiger partial charge in [0.25, 0.3) is 5.78 Å². The second kappa shape index (κ2) is 6.67. The Bertz CT molecular complexity index is 566. The molecule has 2 rings (SSSR count). The lowest BCUT2D eigenvalue weighted by Crippen LogP contribution is -2.60. The molecule has 0 aliphatic carbocycles. The smallest absolute Gasteiger partial charge is 0.394 e. The molecule has 0 aromatic carbocycles. The summed E-state index contributed by atoms with van der Waals surface area (Å²) in [6.07, 6.45) is -11.7. The van der Waals surface area contributed by atoms with Gasteiger partial charge in [0.05, 0.1) is 12.8 Å². The number of halogens is 3. The minimum Gasteiger partial charge on any atom is -0.394 e. The normalized spacial score (nSPS) is 31.9. The molecule has 8 nitrogen and oxygen atoms in total. The summed E-state index contributed by atoms with van der Waals surface area (Å²) in [7, 11) is 0. The summed E-state index contributed by atoms with van der Waals surface area (Å²) >= 11 is 0.385. The number of aromatic nitrogens is 1. The first-order chi connectivity index (χ1) is 10.6. The van der Waals surface area contributed by atoms with E-state index in [1.54, 1.807) is 0 Å². The Balaban J connectivity index is 2.10. The average molecular weight is 358 g/mol. The third-order valence-corrected chi connectivity index (χ3v) is 4.07. The highest BCUT2D eigenvalue weighted by molar-refractivity contribution is 7.17. The molecule has 0 spiro atoms. The largest absolute Gasteiger partial charge is 0.455 e. The molecule has 5 atom stereocenters. The number of carbonyl (C=O) groups is 1. The number of aliphatic hydroxyl groups is 4. The number of hydrogen-bond acceptors (Lipinski definition) is 9. The van der Waals surface area contributed by atoms with Crippen LogP contribution in [0.1, 0.15) is 9.67 Å². The molecule has 0 amide bonds. The summed E-state index contributed by atoms with van der Waals surface area (Å²) in [5, 5.41) is 40.2. The quantitative estimate of drug-likeness (QED) is 0.438. The number of nitrogens with one attached hydrogen (secondary N) is 1. The van der Waals surface area contributed by atoms with Crippen molar-refractivity contribution in [3.8, 4) is 0 Å². The molecule has 1 aromatic heterocycles. The van der Waals surface area contributed by atoms with Crippen LogP contribution in [0.2, 0.25) is 0 Å². The van der Waals surface area contributed by atoms with Gasteiger partial charge in [-0.25, -0.2) is 4.98 Å². The van der Waals surface area contributed by atoms with Crippen molar-refractivity contribution in [1.82, 2.24) is 4.98 Å². The Kier molecular flexibility index (Phi) is 5.23. The number of nitrogens with zero attached hydrogens (tertiary/aromatic N) is 1. The van der Waals surface area contributed by atoms with Crippen molar-refractivity contribution >= 4 is 22.3 Å². The Morgan fingerprint density at radius 1 is 1.30 bits per heavy atom. The molecule has 5 N–H and O–H groups in total. The van der Waals surface area contributed by atoms with Crippen molar-refractivity contribution in [3.63, 3.8) is 0 Å². The first-order valence-corrected chi connectivity index (χ1v) is 7.11. The SMILES string of the molecule is O=C(c1cnc(N[C@H]2O[C@H](CO)[C@@H](O)[C@H](O)[C@@H]2O)s1)C(F)(F)F. The van der Waals surface area contributed by atoms with Gasteiger partial charge in [0.1, 0.15) is 29.3 Å². The Morgan fingerprint density at radius 3 is 2.52 bits per heavy atom. The Hall–Kier alpha value is -1.31. The van der Waals surface area contributed by atoms with E-state index in [1.165, 1.54) is 0 Å². The molecule has 1 aliphatic rings. The van der Waals surface area contributed by atoms with Crippen molar-refractivity contribution in [2.24, 2.45) is 0 Å². The van der Waals surface area contributed by atoms with Gasteiger partial charge in [-0.15, -0.1) is 0 Å². The number of aliphatic hydroxyl groups excluding tert-OH is 4. The monoisotopic (exact) mass is 358 g/mol. The van der Waals surface area contributed by atoms with Crippen LogP contribution in [0.25, 0.3) is 0 Å². The molecule has 1 aromatic rings. The van der Waals surface area contributed by atoms with Gasteiger partial charge in [0, 0.05) is 0 Å². The number of alkyl halides is 3. The van der Waals surface area contributed by atoms with Crippen LogP contribution in [0.5, 0.6) is 0 Å². The highest BCUT2D eigenvalue weighted by Crippen LogP contribution is 2.29. The van der Waals surface area contributed by atoms with E-state index in [2.05, 4.69) is 10.3 Å². The first-order valence-electron chi connectivity index (χ1n) is 6.29. The van der Waals surface area contributed by atoms with E-state index in [0.717, 1.165) is 0 Å². The summed E-state index contributed by atoms with van der Waals surface area (Å²) in [5.41, 5.74) is 0. The van der Waals surface area contributed by atoms with E-state index >= 15 is 0 Å². The van der Waals surface area contributed by atoms with Crippen LogP contribution in [-0.2, 0) is 4.74 Å². The summed E-state index contributed by atoms with van der Waals surface area (Å²) in [6.45, 7) is -0.654. The lowest BCUT2D eigenvalue weighted by atomic mass is 9.98. The molecule has 0 bridgehead atoms. The number of thiazole rings is 1. The maximum absolute atomic E-state index is 12.3. The minimum absolute atomic E-state index is 0.165. The zero-order valence-corrected chi connectivity index (χ0v) is 12.1. The van der Waals surface area contributed by atoms with Crippen LogP contribution in [0, 0.1) is 0 Å². The maximum atomic E-state index is 12.3. The van der Waals surface area contributed by atoms with E-state index in [-0.39, 0.29) is 5.13 Å². The van der Waals surface area contributed by atoms with Gasteiger partial charge < -0.3 is 30.5 Å². The molecule has 0 saturated carbocycles. The molecular formula is C11H13F3N2O6S. The second-order valence-electron chi connectivity index (χ2n) is 4.75. The van der Waals surface area contributed by atoms with Gasteiger partial charge in [-0.3, -0.25) is 4.79 Å². The summed E-state index contributed by atoms with van der Waals surface area (Å²) < 4.78 is 42.0. The van der Waals surface area contributed by atoms with Gasteiger partial charge in [0.2, 0.25) is 0 Å². The van der Waals surface area contributed by atoms with Crippen molar-refractivity contribution in [2.75, 3.05) is 11.9 Å². The predicted molar refractivity (Wildman–Crippen MR) is 69.9 cm³/mol. The van der Waals surface area contributed by atoms with E-state index in [4.69, 9.17) is 9.84 Å². The van der Waals surface area contributed by atoms with Crippen LogP contribution >= 0.6 is 11.3 Å². The van der Waals surface area contributed by atoms with Crippen LogP contribution < -0.4 is 5.32 Å². The van der Waals surface area contributed by atoms with Crippen LogP contribution in [-0.4, -0.2) is 74.6 Å². The molecule has 1 fully saturated rings. The lowest BCUT2D eigenvalue weighted by Gasteiger charge is -2.40. The molecular weight excluding hydrogens is 345 g/mol. The van der Waals surface area contributed by atoms with Crippen molar-refractivity contribution < 1.29 is 43.1 Å². The van der Waals surface area contributed by atoms with Gasteiger partial charge in [0.15, 0.2) is 11.4 Å². The molecule has 1 saturated heterocycles. The fraction of sp³-hybridized carbons (Fsp3) is 0.636. The van der Waals surface area contributed by atoms with Gasteiger partial charge in [-0.05, 0) is 0 Å². The minimum atomic E-state index is -5.03. The van der Waals surface area contributed by atoms with Crippen molar-refractivity contribution in [2.45, 2.75) is 36.8 Å². The molecule has 23 heavy (non-hydrogen) atoms. The highest BCUT2D eigenvalue weighted by Gasteiger charge is 2.44. The molecule has 130 valence electrons. The van der Waals surface area contributed by atoms with Crippen LogP contribution in [0.4, 0.5) is 18.3 Å². The topological polar surface area (TPSA) is 132 Å². The van der Waals surface area contributed by atoms with Crippen LogP contribution in [0.3, 0.4) is 0 Å². The third kappa shape index (κ3) is 3.79. The number of hydrogen-bond donors (Lipinski definition) is 5. The first kappa shape index (κ1) is 18.0. The van der Waals surface area contributed by atoms with Crippen molar-refractivity contribution in [1.29, 1.82) is 0 Å². The molecule has 0 radical (unpaired) electrons. The van der Waals surface area contributed by atoms with Gasteiger partial charge in [-0.2, -0.15) is 13.2 Å². The van der Waals surface area contributed by atoms with Crippen molar-refractivity contribution in [3.05, 3.63) is 11.1 Å². The summed E-state index contributed by atoms with van der Waals surface area (Å²) in [5.74, 6) is -2.06. The van der Waals surface area contributed by atoms with E-state index in [1.807, 2.05) is 0 Å². The predicted octanol–water partition coefficient (Wildman–Crippen LogP) is -0.900. The number of ether oxygens (including phenoxy) is 1. The number of anilines is 1. The molecule has 1 aliphatic heterocycles. The van der Waals surface area contributed by atoms with Gasteiger partial charge >= 0.3 is 6.18 Å². The zero-order valence-electron chi connectivity index (χ0n) is 11.3. The number of carbonyl (C=O) groups excluding carboxylic acids is 1. The zero-order chi connectivity index (χ0) is 17.4. The number of ketones is 1. The Morgan fingerprint density at radius 2 is 1.96 bits per heavy atom. The third-order valence-electron chi connectivity index (χ3n) is 3.14. The summed E-state index contributed by atoms with van der Waals surface area (Å²) in [4.78, 5) is 14.0. The van der Waals surface area contributed by atoms with E-state index < -0.39 is 54.1 Å². The Labute approximate surface area is 131 Å². The lowest BCUT2D eigenvalue weighted by molar-refractivity contribution is -0.221. The summed E-state index contributed by atoms with van der Waals surface area (Å²) in [6, 6.07) is 0. The van der Waals surface area contributed by atoms with E-state index in [9.17, 15) is 33.3 Å². The maximum Gasteiger partial charge on any atom is 0.455 e. The fourth-order valence-corrected chi connectivity index (χ4v) is 2.73. The average Bonchev–Trinajstić information content (AvgIpc) is 2.94. The molecule has 12 heteroatoms. The standard InChI is InChI=1S/C11H13F3N2O6S/c12-11(13,14)8(21)4-1-15-10(23-4)16-9-7(20)6(19)5(18)3(2-17)22-9/h1,3,5-7,9,17-20H,2H2,(H,15,16)/t3-,5-,6+,7+,9+/m1/s1. The van der Waals surface area contributed by atoms with Crippen LogP contribution in [0.15, 0.2) is 6.20 Å². The molecule has 0 unspecified atom stereocenters. The second-order valence-corrected chi connectivity index (χ2v) is 5.78. The number of Topliss-reactive ketones (excluding diaryl/α,β-unsaturated/α-hetero) is 1. The van der Waals surface area contributed by atoms with E-state index in [0.29, 0.717) is 17.5 Å². The number of rotatable bonds is 4. The van der Waals surface area contributed by atoms with Gasteiger partial charge in [-0.1, -0.05) is 11.3 Å². The molecule has 2 heterocycles.